The molecule has 0 unspecified atom stereocenters. The molecule has 1 aromatic rings. The lowest BCUT2D eigenvalue weighted by Gasteiger charge is -2.41. The van der Waals surface area contributed by atoms with Crippen LogP contribution in [0.2, 0.25) is 0 Å². The van der Waals surface area contributed by atoms with Crippen LogP contribution in [0.1, 0.15) is 37.7 Å². The number of nitrogens with two attached hydrogens (primary N) is 1. The molecule has 2 aliphatic carbocycles. The number of methoxy groups -OCH3 is 1. The zero-order chi connectivity index (χ0) is 14.2. The van der Waals surface area contributed by atoms with Gasteiger partial charge in [0.15, 0.2) is 11.5 Å². The van der Waals surface area contributed by atoms with Gasteiger partial charge in [-0.2, -0.15) is 0 Å². The van der Waals surface area contributed by atoms with E-state index in [4.69, 9.17) is 15.2 Å². The maximum absolute atomic E-state index is 6.00. The van der Waals surface area contributed by atoms with E-state index in [0.717, 1.165) is 28.5 Å². The molecule has 2 N–H and O–H groups in total. The van der Waals surface area contributed by atoms with Crippen molar-refractivity contribution in [2.45, 2.75) is 37.5 Å². The second-order valence-electron chi connectivity index (χ2n) is 6.08. The molecule has 3 rings (SSSR count). The lowest BCUT2D eigenvalue weighted by Crippen LogP contribution is -2.41. The van der Waals surface area contributed by atoms with Gasteiger partial charge in [-0.15, -0.1) is 0 Å². The summed E-state index contributed by atoms with van der Waals surface area (Å²) in [5.41, 5.74) is 7.42. The molecule has 0 saturated heterocycles. The minimum Gasteiger partial charge on any atom is -0.493 e. The van der Waals surface area contributed by atoms with Gasteiger partial charge in [0.1, 0.15) is 0 Å². The Morgan fingerprint density at radius 1 is 1.35 bits per heavy atom. The summed E-state index contributed by atoms with van der Waals surface area (Å²) < 4.78 is 12.4. The Morgan fingerprint density at radius 3 is 2.60 bits per heavy atom. The smallest absolute Gasteiger partial charge is 0.175 e. The first kappa shape index (κ1) is 14.2. The highest BCUT2D eigenvalue weighted by atomic mass is 79.9. The maximum atomic E-state index is 6.00. The molecule has 2 aliphatic rings. The molecule has 0 bridgehead atoms. The Morgan fingerprint density at radius 2 is 2.10 bits per heavy atom. The van der Waals surface area contributed by atoms with Crippen LogP contribution in [0, 0.1) is 5.92 Å². The summed E-state index contributed by atoms with van der Waals surface area (Å²) in [4.78, 5) is 0. The van der Waals surface area contributed by atoms with Crippen LogP contribution in [0.3, 0.4) is 0 Å². The summed E-state index contributed by atoms with van der Waals surface area (Å²) in [5, 5.41) is 0. The molecule has 0 spiro atoms. The Hall–Kier alpha value is -0.740. The normalized spacial score (nSPS) is 20.4. The Bertz CT molecular complexity index is 490. The van der Waals surface area contributed by atoms with E-state index in [1.165, 1.54) is 37.7 Å². The van der Waals surface area contributed by atoms with Gasteiger partial charge in [-0.1, -0.05) is 6.42 Å². The fourth-order valence-corrected chi connectivity index (χ4v) is 3.42. The number of hydrogen-bond acceptors (Lipinski definition) is 3. The highest BCUT2D eigenvalue weighted by Gasteiger charge is 2.38. The van der Waals surface area contributed by atoms with E-state index in [1.807, 2.05) is 0 Å². The number of hydrogen-bond donors (Lipinski definition) is 1. The Balaban J connectivity index is 1.88. The summed E-state index contributed by atoms with van der Waals surface area (Å²) >= 11 is 3.64. The highest BCUT2D eigenvalue weighted by molar-refractivity contribution is 9.10. The number of benzene rings is 1. The molecule has 0 aliphatic heterocycles. The van der Waals surface area contributed by atoms with Crippen molar-refractivity contribution in [3.63, 3.8) is 0 Å². The molecule has 0 amide bonds. The molecule has 0 heterocycles. The molecule has 20 heavy (non-hydrogen) atoms. The van der Waals surface area contributed by atoms with Gasteiger partial charge in [-0.3, -0.25) is 0 Å². The number of halogens is 1. The third-order valence-corrected chi connectivity index (χ3v) is 5.29. The van der Waals surface area contributed by atoms with Crippen molar-refractivity contribution in [3.8, 4) is 11.5 Å². The molecule has 0 atom stereocenters. The van der Waals surface area contributed by atoms with E-state index in [9.17, 15) is 0 Å². The molecular formula is C16H22BrNO2. The Kier molecular flexibility index (Phi) is 3.95. The Labute approximate surface area is 129 Å². The van der Waals surface area contributed by atoms with Gasteiger partial charge in [0.2, 0.25) is 0 Å². The van der Waals surface area contributed by atoms with E-state index >= 15 is 0 Å². The van der Waals surface area contributed by atoms with Crippen molar-refractivity contribution >= 4 is 15.9 Å². The minimum atomic E-state index is 0.144. The topological polar surface area (TPSA) is 44.5 Å². The van der Waals surface area contributed by atoms with Gasteiger partial charge in [0.25, 0.3) is 0 Å². The first-order chi connectivity index (χ1) is 9.68. The summed E-state index contributed by atoms with van der Waals surface area (Å²) in [5.74, 6) is 2.37. The summed E-state index contributed by atoms with van der Waals surface area (Å²) in [7, 11) is 1.70. The van der Waals surface area contributed by atoms with Crippen LogP contribution in [-0.2, 0) is 5.41 Å². The maximum Gasteiger partial charge on any atom is 0.175 e. The fraction of sp³-hybridized carbons (Fsp3) is 0.625. The van der Waals surface area contributed by atoms with E-state index in [0.29, 0.717) is 6.54 Å². The molecule has 4 heteroatoms. The van der Waals surface area contributed by atoms with Crippen LogP contribution in [0.25, 0.3) is 0 Å². The van der Waals surface area contributed by atoms with Crippen molar-refractivity contribution < 1.29 is 9.47 Å². The lowest BCUT2D eigenvalue weighted by atomic mass is 9.64. The van der Waals surface area contributed by atoms with Crippen molar-refractivity contribution in [1.29, 1.82) is 0 Å². The van der Waals surface area contributed by atoms with Gasteiger partial charge in [0.05, 0.1) is 18.2 Å². The second-order valence-corrected chi connectivity index (χ2v) is 6.94. The summed E-state index contributed by atoms with van der Waals surface area (Å²) in [6.07, 6.45) is 6.17. The fourth-order valence-electron chi connectivity index (χ4n) is 2.87. The first-order valence-corrected chi connectivity index (χ1v) is 8.19. The summed E-state index contributed by atoms with van der Waals surface area (Å²) in [6.45, 7) is 1.49. The van der Waals surface area contributed by atoms with E-state index in [2.05, 4.69) is 28.1 Å². The first-order valence-electron chi connectivity index (χ1n) is 7.39. The van der Waals surface area contributed by atoms with Crippen LogP contribution >= 0.6 is 15.9 Å². The van der Waals surface area contributed by atoms with Crippen LogP contribution < -0.4 is 15.2 Å². The predicted molar refractivity (Wildman–Crippen MR) is 83.5 cm³/mol. The molecule has 2 fully saturated rings. The van der Waals surface area contributed by atoms with E-state index in [-0.39, 0.29) is 5.41 Å². The van der Waals surface area contributed by atoms with Gasteiger partial charge in [0, 0.05) is 12.0 Å². The molecule has 2 saturated carbocycles. The molecule has 0 aromatic heterocycles. The molecular weight excluding hydrogens is 318 g/mol. The van der Waals surface area contributed by atoms with Crippen LogP contribution in [0.15, 0.2) is 16.6 Å². The quantitative estimate of drug-likeness (QED) is 0.860. The molecule has 110 valence electrons. The lowest BCUT2D eigenvalue weighted by molar-refractivity contribution is 0.249. The second kappa shape index (κ2) is 5.57. The van der Waals surface area contributed by atoms with Gasteiger partial charge < -0.3 is 15.2 Å². The molecule has 0 radical (unpaired) electrons. The monoisotopic (exact) mass is 339 g/mol. The minimum absolute atomic E-state index is 0.144. The van der Waals surface area contributed by atoms with Gasteiger partial charge in [-0.25, -0.2) is 0 Å². The van der Waals surface area contributed by atoms with E-state index in [1.54, 1.807) is 7.11 Å². The zero-order valence-electron chi connectivity index (χ0n) is 12.0. The van der Waals surface area contributed by atoms with Crippen molar-refractivity contribution in [2.24, 2.45) is 11.7 Å². The molecule has 1 aromatic carbocycles. The largest absolute Gasteiger partial charge is 0.493 e. The standard InChI is InChI=1S/C16H22BrNO2/c1-19-14-8-12(16(10-18)5-2-6-16)7-13(17)15(14)20-9-11-3-4-11/h7-8,11H,2-6,9-10,18H2,1H3. The van der Waals surface area contributed by atoms with Crippen molar-refractivity contribution in [2.75, 3.05) is 20.3 Å². The number of rotatable bonds is 6. The molecule has 3 nitrogen and oxygen atoms in total. The third kappa shape index (κ3) is 2.56. The third-order valence-electron chi connectivity index (χ3n) is 4.70. The SMILES string of the molecule is COc1cc(C2(CN)CCC2)cc(Br)c1OCC1CC1. The zero-order valence-corrected chi connectivity index (χ0v) is 13.5. The van der Waals surface area contributed by atoms with Crippen molar-refractivity contribution in [3.05, 3.63) is 22.2 Å². The van der Waals surface area contributed by atoms with Crippen molar-refractivity contribution in [1.82, 2.24) is 0 Å². The average molecular weight is 340 g/mol. The van der Waals surface area contributed by atoms with Crippen LogP contribution in [0.5, 0.6) is 11.5 Å². The van der Waals surface area contributed by atoms with Gasteiger partial charge >= 0.3 is 0 Å². The number of ether oxygens (including phenoxy) is 2. The predicted octanol–water partition coefficient (Wildman–Crippen LogP) is 3.63. The van der Waals surface area contributed by atoms with E-state index < -0.39 is 0 Å². The summed E-state index contributed by atoms with van der Waals surface area (Å²) in [6, 6.07) is 4.27. The van der Waals surface area contributed by atoms with Crippen LogP contribution in [-0.4, -0.2) is 20.3 Å². The van der Waals surface area contributed by atoms with Gasteiger partial charge in [-0.05, 0) is 65.2 Å². The van der Waals surface area contributed by atoms with Crippen LogP contribution in [0.4, 0.5) is 0 Å². The highest BCUT2D eigenvalue weighted by Crippen LogP contribution is 2.47. The average Bonchev–Trinajstić information content (AvgIpc) is 3.20.